The van der Waals surface area contributed by atoms with Crippen LogP contribution in [0.4, 0.5) is 5.00 Å². The fraction of sp³-hybridized carbons (Fsp3) is 0.636. The number of thiophene rings is 1. The van der Waals surface area contributed by atoms with Gasteiger partial charge in [0.1, 0.15) is 0 Å². The van der Waals surface area contributed by atoms with E-state index in [1.165, 1.54) is 11.3 Å². The van der Waals surface area contributed by atoms with Crippen molar-refractivity contribution in [3.8, 4) is 0 Å². The first kappa shape index (κ1) is 12.5. The summed E-state index contributed by atoms with van der Waals surface area (Å²) in [5, 5.41) is 12.7. The lowest BCUT2D eigenvalue weighted by atomic mass is 9.99. The molecule has 1 aromatic rings. The Balaban J connectivity index is 1.98. The smallest absolute Gasteiger partial charge is 0.324 e. The Hall–Kier alpha value is -0.980. The second kappa shape index (κ2) is 5.12. The van der Waals surface area contributed by atoms with Crippen molar-refractivity contribution in [2.24, 2.45) is 5.73 Å². The summed E-state index contributed by atoms with van der Waals surface area (Å²) in [6, 6.07) is 2.43. The van der Waals surface area contributed by atoms with E-state index in [-0.39, 0.29) is 9.92 Å². The molecule has 0 bridgehead atoms. The van der Waals surface area contributed by atoms with Crippen LogP contribution < -0.4 is 5.73 Å². The van der Waals surface area contributed by atoms with E-state index >= 15 is 0 Å². The molecule has 2 heterocycles. The number of nitrogens with two attached hydrogens (primary N) is 1. The van der Waals surface area contributed by atoms with Crippen LogP contribution in [0.2, 0.25) is 0 Å². The molecule has 2 rings (SSSR count). The first-order valence-electron chi connectivity index (χ1n) is 5.77. The maximum absolute atomic E-state index is 10.6. The van der Waals surface area contributed by atoms with Gasteiger partial charge in [0.15, 0.2) is 0 Å². The summed E-state index contributed by atoms with van der Waals surface area (Å²) in [6.07, 6.45) is 2.02. The van der Waals surface area contributed by atoms with E-state index in [0.29, 0.717) is 12.1 Å². The second-order valence-electron chi connectivity index (χ2n) is 4.65. The number of nitrogens with zero attached hydrogens (tertiary/aromatic N) is 2. The average molecular weight is 255 g/mol. The Labute approximate surface area is 104 Å². The van der Waals surface area contributed by atoms with Crippen molar-refractivity contribution in [2.45, 2.75) is 38.4 Å². The van der Waals surface area contributed by atoms with Gasteiger partial charge in [0.2, 0.25) is 0 Å². The van der Waals surface area contributed by atoms with Crippen LogP contribution in [0.1, 0.15) is 25.3 Å². The fourth-order valence-electron chi connectivity index (χ4n) is 2.27. The van der Waals surface area contributed by atoms with E-state index in [9.17, 15) is 10.1 Å². The van der Waals surface area contributed by atoms with Crippen LogP contribution in [-0.4, -0.2) is 28.5 Å². The van der Waals surface area contributed by atoms with Crippen LogP contribution in [0.5, 0.6) is 0 Å². The van der Waals surface area contributed by atoms with Crippen LogP contribution >= 0.6 is 11.3 Å². The van der Waals surface area contributed by atoms with Crippen molar-refractivity contribution in [1.29, 1.82) is 0 Å². The van der Waals surface area contributed by atoms with Crippen molar-refractivity contribution in [1.82, 2.24) is 4.90 Å². The highest BCUT2D eigenvalue weighted by Crippen LogP contribution is 2.25. The van der Waals surface area contributed by atoms with Crippen molar-refractivity contribution >= 4 is 16.3 Å². The molecule has 1 aromatic heterocycles. The normalized spacial score (nSPS) is 26.0. The summed E-state index contributed by atoms with van der Waals surface area (Å²) in [6.45, 7) is 3.93. The summed E-state index contributed by atoms with van der Waals surface area (Å²) in [4.78, 5) is 12.6. The quantitative estimate of drug-likeness (QED) is 0.662. The molecule has 2 atom stereocenters. The van der Waals surface area contributed by atoms with Gasteiger partial charge < -0.3 is 5.73 Å². The number of piperidine rings is 1. The van der Waals surface area contributed by atoms with Gasteiger partial charge in [-0.25, -0.2) is 0 Å². The predicted molar refractivity (Wildman–Crippen MR) is 68.1 cm³/mol. The average Bonchev–Trinajstić information content (AvgIpc) is 2.71. The molecule has 1 aliphatic rings. The van der Waals surface area contributed by atoms with Gasteiger partial charge in [0.25, 0.3) is 0 Å². The monoisotopic (exact) mass is 255 g/mol. The predicted octanol–water partition coefficient (Wildman–Crippen LogP) is 1.97. The molecular weight excluding hydrogens is 238 g/mol. The van der Waals surface area contributed by atoms with Gasteiger partial charge in [0.05, 0.1) is 4.92 Å². The largest absolute Gasteiger partial charge is 0.328 e. The lowest BCUT2D eigenvalue weighted by Crippen LogP contribution is -2.44. The zero-order valence-corrected chi connectivity index (χ0v) is 10.7. The Bertz CT molecular complexity index is 407. The zero-order chi connectivity index (χ0) is 12.4. The number of hydrogen-bond acceptors (Lipinski definition) is 5. The number of likely N-dealkylation sites (tertiary alicyclic amines) is 1. The molecule has 0 saturated carbocycles. The molecule has 5 nitrogen and oxygen atoms in total. The van der Waals surface area contributed by atoms with Crippen molar-refractivity contribution in [3.63, 3.8) is 0 Å². The molecule has 6 heteroatoms. The molecule has 0 aromatic carbocycles. The van der Waals surface area contributed by atoms with E-state index < -0.39 is 0 Å². The van der Waals surface area contributed by atoms with Crippen LogP contribution in [0.25, 0.3) is 0 Å². The van der Waals surface area contributed by atoms with E-state index in [1.54, 1.807) is 6.07 Å². The lowest BCUT2D eigenvalue weighted by Gasteiger charge is -2.36. The van der Waals surface area contributed by atoms with Gasteiger partial charge in [-0.15, -0.1) is 0 Å². The van der Waals surface area contributed by atoms with Gasteiger partial charge in [-0.05, 0) is 25.3 Å². The fourth-order valence-corrected chi connectivity index (χ4v) is 2.99. The summed E-state index contributed by atoms with van der Waals surface area (Å²) in [5.74, 6) is 0. The van der Waals surface area contributed by atoms with Crippen molar-refractivity contribution in [3.05, 3.63) is 27.1 Å². The maximum atomic E-state index is 10.6. The van der Waals surface area contributed by atoms with Gasteiger partial charge in [-0.1, -0.05) is 11.3 Å². The minimum Gasteiger partial charge on any atom is -0.328 e. The number of nitro groups is 1. The summed E-state index contributed by atoms with van der Waals surface area (Å²) in [5.41, 5.74) is 6.94. The van der Waals surface area contributed by atoms with Crippen LogP contribution in [-0.2, 0) is 6.54 Å². The van der Waals surface area contributed by atoms with Crippen molar-refractivity contribution < 1.29 is 4.92 Å². The third-order valence-corrected chi connectivity index (χ3v) is 4.19. The van der Waals surface area contributed by atoms with Gasteiger partial charge >= 0.3 is 5.00 Å². The Morgan fingerprint density at radius 1 is 1.71 bits per heavy atom. The van der Waals surface area contributed by atoms with Gasteiger partial charge in [0, 0.05) is 36.6 Å². The van der Waals surface area contributed by atoms with Crippen molar-refractivity contribution in [2.75, 3.05) is 6.54 Å². The third kappa shape index (κ3) is 3.02. The van der Waals surface area contributed by atoms with E-state index in [0.717, 1.165) is 31.5 Å². The summed E-state index contributed by atoms with van der Waals surface area (Å²) in [7, 11) is 0. The molecule has 0 aliphatic carbocycles. The molecule has 0 spiro atoms. The number of hydrogen-bond donors (Lipinski definition) is 1. The molecule has 0 radical (unpaired) electrons. The van der Waals surface area contributed by atoms with Crippen LogP contribution in [0.15, 0.2) is 11.4 Å². The lowest BCUT2D eigenvalue weighted by molar-refractivity contribution is -0.380. The zero-order valence-electron chi connectivity index (χ0n) is 9.83. The highest BCUT2D eigenvalue weighted by Gasteiger charge is 2.23. The SMILES string of the molecule is CC1CC(N)CCN1Cc1csc([N+](=O)[O-])c1. The Morgan fingerprint density at radius 2 is 2.47 bits per heavy atom. The van der Waals surface area contributed by atoms with Crippen LogP contribution in [0.3, 0.4) is 0 Å². The highest BCUT2D eigenvalue weighted by molar-refractivity contribution is 7.13. The standard InChI is InChI=1S/C11H17N3O2S/c1-8-4-10(12)2-3-13(8)6-9-5-11(14(15)16)17-7-9/h5,7-8,10H,2-4,6,12H2,1H3. The maximum Gasteiger partial charge on any atom is 0.324 e. The molecule has 17 heavy (non-hydrogen) atoms. The molecular formula is C11H17N3O2S. The van der Waals surface area contributed by atoms with E-state index in [4.69, 9.17) is 5.73 Å². The summed E-state index contributed by atoms with van der Waals surface area (Å²) < 4.78 is 0. The number of rotatable bonds is 3. The second-order valence-corrected chi connectivity index (χ2v) is 5.54. The van der Waals surface area contributed by atoms with E-state index in [1.807, 2.05) is 5.38 Å². The Kier molecular flexibility index (Phi) is 3.76. The highest BCUT2D eigenvalue weighted by atomic mass is 32.1. The molecule has 1 aliphatic heterocycles. The van der Waals surface area contributed by atoms with Gasteiger partial charge in [-0.3, -0.25) is 15.0 Å². The molecule has 0 amide bonds. The first-order valence-corrected chi connectivity index (χ1v) is 6.65. The first-order chi connectivity index (χ1) is 8.06. The minimum atomic E-state index is -0.330. The topological polar surface area (TPSA) is 72.4 Å². The Morgan fingerprint density at radius 3 is 3.06 bits per heavy atom. The van der Waals surface area contributed by atoms with Crippen LogP contribution in [0, 0.1) is 10.1 Å². The molecule has 2 N–H and O–H groups in total. The third-order valence-electron chi connectivity index (χ3n) is 3.26. The molecule has 1 saturated heterocycles. The minimum absolute atomic E-state index is 0.223. The van der Waals surface area contributed by atoms with Gasteiger partial charge in [-0.2, -0.15) is 0 Å². The molecule has 94 valence electrons. The van der Waals surface area contributed by atoms with E-state index in [2.05, 4.69) is 11.8 Å². The molecule has 2 unspecified atom stereocenters. The summed E-state index contributed by atoms with van der Waals surface area (Å²) >= 11 is 1.20. The molecule has 1 fully saturated rings.